The normalized spacial score (nSPS) is 17.7. The number of imide groups is 1. The van der Waals surface area contributed by atoms with Crippen LogP contribution in [0, 0.1) is 0 Å². The lowest BCUT2D eigenvalue weighted by Gasteiger charge is -2.26. The van der Waals surface area contributed by atoms with E-state index in [-0.39, 0.29) is 24.8 Å². The number of hydrogen-bond acceptors (Lipinski definition) is 4. The van der Waals surface area contributed by atoms with Crippen molar-refractivity contribution in [2.45, 2.75) is 25.9 Å². The smallest absolute Gasteiger partial charge is 0.303 e. The summed E-state index contributed by atoms with van der Waals surface area (Å²) >= 11 is 0. The molecule has 21 heavy (non-hydrogen) atoms. The highest BCUT2D eigenvalue weighted by molar-refractivity contribution is 6.01. The highest BCUT2D eigenvalue weighted by Gasteiger charge is 2.27. The molecule has 0 saturated carbocycles. The van der Waals surface area contributed by atoms with Gasteiger partial charge in [-0.2, -0.15) is 0 Å². The average Bonchev–Trinajstić information content (AvgIpc) is 2.47. The molecule has 0 N–H and O–H groups in total. The third kappa shape index (κ3) is 4.27. The van der Waals surface area contributed by atoms with Gasteiger partial charge < -0.3 is 4.74 Å². The Morgan fingerprint density at radius 3 is 2.67 bits per heavy atom. The number of nitrogens with zero attached hydrogens (tertiary/aromatic N) is 1. The first-order valence-electron chi connectivity index (χ1n) is 6.80. The van der Waals surface area contributed by atoms with Crippen LogP contribution >= 0.6 is 0 Å². The van der Waals surface area contributed by atoms with Crippen molar-refractivity contribution >= 4 is 17.8 Å². The van der Waals surface area contributed by atoms with Gasteiger partial charge in [-0.3, -0.25) is 19.3 Å². The number of carbonyl (C=O) groups is 3. The number of benzene rings is 1. The predicted molar refractivity (Wildman–Crippen MR) is 76.2 cm³/mol. The third-order valence-electron chi connectivity index (χ3n) is 3.17. The minimum absolute atomic E-state index is 0.0858. The molecule has 5 heteroatoms. The predicted octanol–water partition coefficient (Wildman–Crippen LogP) is 1.48. The Kier molecular flexibility index (Phi) is 4.87. The van der Waals surface area contributed by atoms with E-state index in [1.165, 1.54) is 19.1 Å². The van der Waals surface area contributed by atoms with E-state index in [0.29, 0.717) is 6.42 Å². The lowest BCUT2D eigenvalue weighted by molar-refractivity contribution is -0.152. The van der Waals surface area contributed by atoms with Gasteiger partial charge in [-0.25, -0.2) is 0 Å². The molecule has 5 nitrogen and oxygen atoms in total. The van der Waals surface area contributed by atoms with Gasteiger partial charge in [-0.05, 0) is 18.1 Å². The molecular weight excluding hydrogens is 270 g/mol. The Morgan fingerprint density at radius 1 is 1.29 bits per heavy atom. The van der Waals surface area contributed by atoms with E-state index in [9.17, 15) is 14.4 Å². The maximum absolute atomic E-state index is 12.1. The molecule has 110 valence electrons. The summed E-state index contributed by atoms with van der Waals surface area (Å²) < 4.78 is 5.01. The molecule has 0 spiro atoms. The van der Waals surface area contributed by atoms with Crippen LogP contribution in [0.2, 0.25) is 0 Å². The van der Waals surface area contributed by atoms with E-state index < -0.39 is 12.1 Å². The van der Waals surface area contributed by atoms with E-state index in [2.05, 4.69) is 0 Å². The van der Waals surface area contributed by atoms with Crippen molar-refractivity contribution in [2.24, 2.45) is 0 Å². The quantitative estimate of drug-likeness (QED) is 0.787. The van der Waals surface area contributed by atoms with Crippen molar-refractivity contribution in [1.82, 2.24) is 4.90 Å². The van der Waals surface area contributed by atoms with Gasteiger partial charge in [0.15, 0.2) is 0 Å². The number of carbonyl (C=O) groups excluding carboxylic acids is 3. The number of aryl methyl sites for hydroxylation is 1. The number of amides is 2. The Balaban J connectivity index is 1.93. The van der Waals surface area contributed by atoms with Gasteiger partial charge in [0.05, 0.1) is 6.54 Å². The molecule has 0 fully saturated rings. The molecule has 0 aliphatic carbocycles. The summed E-state index contributed by atoms with van der Waals surface area (Å²) in [5, 5.41) is 0. The van der Waals surface area contributed by atoms with Crippen LogP contribution in [-0.4, -0.2) is 35.3 Å². The first-order chi connectivity index (χ1) is 10.1. The number of esters is 1. The minimum atomic E-state index is -0.555. The molecule has 0 radical (unpaired) electrons. The Morgan fingerprint density at radius 2 is 2.00 bits per heavy atom. The van der Waals surface area contributed by atoms with Crippen LogP contribution < -0.4 is 0 Å². The van der Waals surface area contributed by atoms with E-state index >= 15 is 0 Å². The van der Waals surface area contributed by atoms with Crippen molar-refractivity contribution in [2.75, 3.05) is 6.54 Å². The summed E-state index contributed by atoms with van der Waals surface area (Å²) in [4.78, 5) is 36.0. The average molecular weight is 287 g/mol. The van der Waals surface area contributed by atoms with E-state index in [1.54, 1.807) is 0 Å². The summed E-state index contributed by atoms with van der Waals surface area (Å²) in [6.07, 6.45) is 3.05. The summed E-state index contributed by atoms with van der Waals surface area (Å²) in [6.45, 7) is 1.38. The first-order valence-corrected chi connectivity index (χ1v) is 6.80. The van der Waals surface area contributed by atoms with E-state index in [4.69, 9.17) is 4.74 Å². The van der Waals surface area contributed by atoms with Crippen molar-refractivity contribution in [3.63, 3.8) is 0 Å². The Labute approximate surface area is 123 Å². The maximum atomic E-state index is 12.1. The molecule has 2 amide bonds. The number of hydrogen-bond donors (Lipinski definition) is 0. The van der Waals surface area contributed by atoms with Gasteiger partial charge in [-0.1, -0.05) is 30.3 Å². The molecule has 1 aromatic carbocycles. The lowest BCUT2D eigenvalue weighted by Crippen LogP contribution is -2.44. The Bertz CT molecular complexity index is 565. The molecule has 0 bridgehead atoms. The molecule has 1 aliphatic heterocycles. The van der Waals surface area contributed by atoms with E-state index in [0.717, 1.165) is 10.5 Å². The van der Waals surface area contributed by atoms with Crippen LogP contribution in [0.1, 0.15) is 18.9 Å². The van der Waals surface area contributed by atoms with Crippen LogP contribution in [0.5, 0.6) is 0 Å². The van der Waals surface area contributed by atoms with Gasteiger partial charge in [0.1, 0.15) is 6.10 Å². The number of rotatable bonds is 4. The third-order valence-corrected chi connectivity index (χ3v) is 3.17. The zero-order chi connectivity index (χ0) is 15.2. The van der Waals surface area contributed by atoms with E-state index in [1.807, 2.05) is 30.3 Å². The largest absolute Gasteiger partial charge is 0.456 e. The zero-order valence-electron chi connectivity index (χ0n) is 11.8. The molecule has 1 atom stereocenters. The van der Waals surface area contributed by atoms with Crippen molar-refractivity contribution in [3.8, 4) is 0 Å². The fourth-order valence-corrected chi connectivity index (χ4v) is 2.16. The maximum Gasteiger partial charge on any atom is 0.303 e. The standard InChI is InChI=1S/C16H17NO4/c1-12(18)21-14-8-10-16(20)17(11-14)15(19)9-7-13-5-3-2-4-6-13/h2-6,8,10,14H,7,9,11H2,1H3/t14-/m0/s1. The van der Waals surface area contributed by atoms with Crippen LogP contribution in [0.15, 0.2) is 42.5 Å². The first kappa shape index (κ1) is 15.0. The highest BCUT2D eigenvalue weighted by atomic mass is 16.5. The van der Waals surface area contributed by atoms with Gasteiger partial charge in [0, 0.05) is 19.4 Å². The SMILES string of the molecule is CC(=O)O[C@H]1C=CC(=O)N(C(=O)CCc2ccccc2)C1. The fraction of sp³-hybridized carbons (Fsp3) is 0.312. The molecule has 2 rings (SSSR count). The van der Waals surface area contributed by atoms with Crippen molar-refractivity contribution in [3.05, 3.63) is 48.0 Å². The van der Waals surface area contributed by atoms with Gasteiger partial charge in [0.25, 0.3) is 5.91 Å². The minimum Gasteiger partial charge on any atom is -0.456 e. The van der Waals surface area contributed by atoms with Gasteiger partial charge >= 0.3 is 5.97 Å². The molecule has 0 aromatic heterocycles. The van der Waals surface area contributed by atoms with Crippen LogP contribution in [-0.2, 0) is 25.5 Å². The molecule has 1 heterocycles. The van der Waals surface area contributed by atoms with Crippen LogP contribution in [0.25, 0.3) is 0 Å². The van der Waals surface area contributed by atoms with Crippen LogP contribution in [0.4, 0.5) is 0 Å². The molecule has 1 aromatic rings. The summed E-state index contributed by atoms with van der Waals surface area (Å²) in [5.74, 6) is -1.06. The van der Waals surface area contributed by atoms with Gasteiger partial charge in [-0.15, -0.1) is 0 Å². The van der Waals surface area contributed by atoms with Gasteiger partial charge in [0.2, 0.25) is 5.91 Å². The monoisotopic (exact) mass is 287 g/mol. The summed E-state index contributed by atoms with van der Waals surface area (Å²) in [6, 6.07) is 9.60. The second-order valence-electron chi connectivity index (χ2n) is 4.84. The highest BCUT2D eigenvalue weighted by Crippen LogP contribution is 2.11. The summed E-state index contributed by atoms with van der Waals surface area (Å²) in [7, 11) is 0. The summed E-state index contributed by atoms with van der Waals surface area (Å²) in [5.41, 5.74) is 1.04. The number of ether oxygens (including phenoxy) is 1. The van der Waals surface area contributed by atoms with Crippen LogP contribution in [0.3, 0.4) is 0 Å². The molecule has 0 unspecified atom stereocenters. The molecule has 1 aliphatic rings. The Hall–Kier alpha value is -2.43. The molecular formula is C16H17NO4. The molecule has 0 saturated heterocycles. The lowest BCUT2D eigenvalue weighted by atomic mass is 10.1. The second-order valence-corrected chi connectivity index (χ2v) is 4.84. The van der Waals surface area contributed by atoms with Crippen molar-refractivity contribution < 1.29 is 19.1 Å². The zero-order valence-corrected chi connectivity index (χ0v) is 11.8. The second kappa shape index (κ2) is 6.83. The topological polar surface area (TPSA) is 63.7 Å². The van der Waals surface area contributed by atoms with Crippen molar-refractivity contribution in [1.29, 1.82) is 0 Å². The fourth-order valence-electron chi connectivity index (χ4n) is 2.16.